The first-order valence-electron chi connectivity index (χ1n) is 5.00. The molecular weight excluding hydrogens is 190 g/mol. The number of fused-ring (bicyclic) bond motifs is 1. The van der Waals surface area contributed by atoms with Crippen LogP contribution in [0.5, 0.6) is 0 Å². The Morgan fingerprint density at radius 2 is 2.00 bits per heavy atom. The smallest absolute Gasteiger partial charge is 0.252 e. The first kappa shape index (κ1) is 8.40. The van der Waals surface area contributed by atoms with Crippen molar-refractivity contribution in [2.45, 2.75) is 19.3 Å². The number of nitrogens with zero attached hydrogens (tertiary/aromatic N) is 4. The van der Waals surface area contributed by atoms with Crippen LogP contribution in [0.4, 0.5) is 5.82 Å². The number of aromatic nitrogens is 4. The van der Waals surface area contributed by atoms with Gasteiger partial charge in [0.05, 0.1) is 5.69 Å². The summed E-state index contributed by atoms with van der Waals surface area (Å²) in [7, 11) is 0. The first-order valence-corrected chi connectivity index (χ1v) is 5.00. The summed E-state index contributed by atoms with van der Waals surface area (Å²) in [5, 5.41) is 4.43. The maximum absolute atomic E-state index is 6.01. The number of hydrogen-bond donors (Lipinski definition) is 1. The van der Waals surface area contributed by atoms with E-state index in [0.717, 1.165) is 25.0 Å². The molecule has 0 saturated heterocycles. The molecule has 5 heteroatoms. The molecule has 2 aromatic rings. The lowest BCUT2D eigenvalue weighted by Crippen LogP contribution is -2.07. The van der Waals surface area contributed by atoms with Gasteiger partial charge in [-0.25, -0.2) is 9.97 Å². The third-order valence-corrected chi connectivity index (χ3v) is 2.69. The lowest BCUT2D eigenvalue weighted by molar-refractivity contribution is 0.770. The van der Waals surface area contributed by atoms with E-state index in [1.807, 2.05) is 0 Å². The predicted octanol–water partition coefficient (Wildman–Crippen LogP) is 0.733. The van der Waals surface area contributed by atoms with Crippen molar-refractivity contribution >= 4 is 5.82 Å². The molecule has 0 spiro atoms. The van der Waals surface area contributed by atoms with Crippen LogP contribution < -0.4 is 5.73 Å². The molecule has 3 rings (SSSR count). The van der Waals surface area contributed by atoms with Gasteiger partial charge in [-0.05, 0) is 25.3 Å². The van der Waals surface area contributed by atoms with Crippen molar-refractivity contribution in [2.24, 2.45) is 0 Å². The highest BCUT2D eigenvalue weighted by molar-refractivity contribution is 5.48. The van der Waals surface area contributed by atoms with Crippen LogP contribution >= 0.6 is 0 Å². The Kier molecular flexibility index (Phi) is 1.71. The van der Waals surface area contributed by atoms with Gasteiger partial charge in [-0.15, -0.1) is 0 Å². The van der Waals surface area contributed by atoms with Gasteiger partial charge >= 0.3 is 0 Å². The molecule has 0 aromatic carbocycles. The monoisotopic (exact) mass is 201 g/mol. The Hall–Kier alpha value is -1.91. The summed E-state index contributed by atoms with van der Waals surface area (Å²) in [5.41, 5.74) is 8.27. The Morgan fingerprint density at radius 1 is 1.20 bits per heavy atom. The third kappa shape index (κ3) is 1.20. The number of nitrogen functional groups attached to an aromatic ring is 1. The second-order valence-corrected chi connectivity index (χ2v) is 3.62. The molecule has 0 saturated carbocycles. The van der Waals surface area contributed by atoms with E-state index in [-0.39, 0.29) is 0 Å². The zero-order chi connectivity index (χ0) is 10.3. The molecule has 1 aliphatic rings. The maximum Gasteiger partial charge on any atom is 0.252 e. The van der Waals surface area contributed by atoms with Crippen LogP contribution in [0.1, 0.15) is 17.7 Å². The van der Waals surface area contributed by atoms with Crippen LogP contribution in [0.15, 0.2) is 18.5 Å². The van der Waals surface area contributed by atoms with Crippen LogP contribution in [0.3, 0.4) is 0 Å². The van der Waals surface area contributed by atoms with Crippen LogP contribution in [0.2, 0.25) is 0 Å². The van der Waals surface area contributed by atoms with E-state index < -0.39 is 0 Å². The molecule has 0 unspecified atom stereocenters. The van der Waals surface area contributed by atoms with E-state index in [0.29, 0.717) is 11.8 Å². The van der Waals surface area contributed by atoms with E-state index in [2.05, 4.69) is 15.1 Å². The van der Waals surface area contributed by atoms with E-state index in [1.165, 1.54) is 5.56 Å². The number of nitrogens with two attached hydrogens (primary N) is 1. The van der Waals surface area contributed by atoms with Gasteiger partial charge in [0, 0.05) is 18.0 Å². The topological polar surface area (TPSA) is 69.6 Å². The zero-order valence-corrected chi connectivity index (χ0v) is 8.22. The summed E-state index contributed by atoms with van der Waals surface area (Å²) in [6, 6.07) is 1.77. The fraction of sp³-hybridized carbons (Fsp3) is 0.300. The average molecular weight is 201 g/mol. The summed E-state index contributed by atoms with van der Waals surface area (Å²) in [5.74, 6) is 1.23. The van der Waals surface area contributed by atoms with Crippen LogP contribution in [-0.2, 0) is 12.8 Å². The molecular formula is C10H11N5. The molecule has 0 radical (unpaired) electrons. The van der Waals surface area contributed by atoms with Crippen molar-refractivity contribution in [1.29, 1.82) is 0 Å². The van der Waals surface area contributed by atoms with Gasteiger partial charge in [-0.1, -0.05) is 0 Å². The summed E-state index contributed by atoms with van der Waals surface area (Å²) < 4.78 is 1.63. The molecule has 2 aromatic heterocycles. The highest BCUT2D eigenvalue weighted by Crippen LogP contribution is 2.27. The van der Waals surface area contributed by atoms with E-state index in [1.54, 1.807) is 23.1 Å². The average Bonchev–Trinajstić information content (AvgIpc) is 2.83. The molecule has 15 heavy (non-hydrogen) atoms. The number of aryl methyl sites for hydroxylation is 1. The van der Waals surface area contributed by atoms with Crippen molar-refractivity contribution < 1.29 is 0 Å². The molecule has 0 bridgehead atoms. The van der Waals surface area contributed by atoms with Crippen molar-refractivity contribution in [3.05, 3.63) is 29.7 Å². The van der Waals surface area contributed by atoms with E-state index in [9.17, 15) is 0 Å². The molecule has 1 aliphatic carbocycles. The highest BCUT2D eigenvalue weighted by Gasteiger charge is 2.21. The van der Waals surface area contributed by atoms with Crippen molar-refractivity contribution in [3.63, 3.8) is 0 Å². The minimum Gasteiger partial charge on any atom is -0.383 e. The lowest BCUT2D eigenvalue weighted by Gasteiger charge is -2.01. The molecule has 0 amide bonds. The molecule has 2 N–H and O–H groups in total. The molecule has 2 heterocycles. The minimum absolute atomic E-state index is 0.546. The summed E-state index contributed by atoms with van der Waals surface area (Å²) in [4.78, 5) is 8.26. The Morgan fingerprint density at radius 3 is 2.73 bits per heavy atom. The summed E-state index contributed by atoms with van der Waals surface area (Å²) in [6.45, 7) is 0. The van der Waals surface area contributed by atoms with Gasteiger partial charge in [-0.2, -0.15) is 9.78 Å². The number of anilines is 1. The number of hydrogen-bond acceptors (Lipinski definition) is 4. The van der Waals surface area contributed by atoms with Gasteiger partial charge < -0.3 is 5.73 Å². The van der Waals surface area contributed by atoms with Gasteiger partial charge in [0.2, 0.25) is 0 Å². The molecule has 0 fully saturated rings. The van der Waals surface area contributed by atoms with Gasteiger partial charge in [0.25, 0.3) is 5.95 Å². The molecule has 0 aliphatic heterocycles. The zero-order valence-electron chi connectivity index (χ0n) is 8.22. The van der Waals surface area contributed by atoms with Crippen molar-refractivity contribution in [3.8, 4) is 5.95 Å². The third-order valence-electron chi connectivity index (χ3n) is 2.69. The normalized spacial score (nSPS) is 14.1. The van der Waals surface area contributed by atoms with E-state index in [4.69, 9.17) is 5.73 Å². The highest BCUT2D eigenvalue weighted by atomic mass is 15.4. The van der Waals surface area contributed by atoms with Gasteiger partial charge in [0.15, 0.2) is 0 Å². The number of rotatable bonds is 1. The van der Waals surface area contributed by atoms with Gasteiger partial charge in [-0.3, -0.25) is 0 Å². The maximum atomic E-state index is 6.01. The second-order valence-electron chi connectivity index (χ2n) is 3.62. The lowest BCUT2D eigenvalue weighted by atomic mass is 10.3. The summed E-state index contributed by atoms with van der Waals surface area (Å²) in [6.07, 6.45) is 6.56. The fourth-order valence-corrected chi connectivity index (χ4v) is 1.97. The van der Waals surface area contributed by atoms with E-state index >= 15 is 0 Å². The largest absolute Gasteiger partial charge is 0.383 e. The standard InChI is InChI=1S/C10H11N5/c11-9-7-3-1-4-8(7)14-15(9)10-12-5-2-6-13-10/h2,5-6H,1,3-4,11H2. The van der Waals surface area contributed by atoms with Crippen molar-refractivity contribution in [2.75, 3.05) is 5.73 Å². The van der Waals surface area contributed by atoms with Crippen LogP contribution in [-0.4, -0.2) is 19.7 Å². The predicted molar refractivity (Wildman–Crippen MR) is 55.6 cm³/mol. The van der Waals surface area contributed by atoms with Crippen molar-refractivity contribution in [1.82, 2.24) is 19.7 Å². The second kappa shape index (κ2) is 3.05. The Balaban J connectivity index is 2.14. The van der Waals surface area contributed by atoms with Crippen LogP contribution in [0, 0.1) is 0 Å². The minimum atomic E-state index is 0.546. The fourth-order valence-electron chi connectivity index (χ4n) is 1.97. The van der Waals surface area contributed by atoms with Crippen LogP contribution in [0.25, 0.3) is 5.95 Å². The van der Waals surface area contributed by atoms with Gasteiger partial charge in [0.1, 0.15) is 5.82 Å². The quantitative estimate of drug-likeness (QED) is 0.738. The first-order chi connectivity index (χ1) is 7.36. The summed E-state index contributed by atoms with van der Waals surface area (Å²) >= 11 is 0. The molecule has 5 nitrogen and oxygen atoms in total. The SMILES string of the molecule is Nc1c2c(nn1-c1ncccn1)CCC2. The Labute approximate surface area is 87.0 Å². The molecule has 0 atom stereocenters. The molecule has 76 valence electrons. The Bertz CT molecular complexity index is 488.